The Labute approximate surface area is 161 Å². The largest absolute Gasteiger partial charge is 0.496 e. The van der Waals surface area contributed by atoms with E-state index < -0.39 is 5.97 Å². The maximum Gasteiger partial charge on any atom is 0.337 e. The van der Waals surface area contributed by atoms with Gasteiger partial charge in [0, 0.05) is 18.5 Å². The lowest BCUT2D eigenvalue weighted by Gasteiger charge is -2.06. The quantitative estimate of drug-likeness (QED) is 0.627. The molecule has 1 aromatic heterocycles. The van der Waals surface area contributed by atoms with Crippen LogP contribution in [0.3, 0.4) is 0 Å². The van der Waals surface area contributed by atoms with Gasteiger partial charge in [0.1, 0.15) is 5.75 Å². The van der Waals surface area contributed by atoms with E-state index in [1.54, 1.807) is 37.4 Å². The Hall–Kier alpha value is -3.68. The smallest absolute Gasteiger partial charge is 0.337 e. The van der Waals surface area contributed by atoms with Crippen molar-refractivity contribution in [1.29, 1.82) is 0 Å². The number of hydrogen-bond donors (Lipinski definition) is 1. The molecule has 144 valence electrons. The van der Waals surface area contributed by atoms with Crippen molar-refractivity contribution in [3.8, 4) is 17.1 Å². The molecule has 3 aromatic rings. The molecule has 28 heavy (non-hydrogen) atoms. The summed E-state index contributed by atoms with van der Waals surface area (Å²) in [6.07, 6.45) is 0.431. The van der Waals surface area contributed by atoms with Crippen molar-refractivity contribution in [3.63, 3.8) is 0 Å². The maximum atomic E-state index is 12.2. The average molecular weight is 381 g/mol. The van der Waals surface area contributed by atoms with E-state index in [1.807, 2.05) is 18.2 Å². The zero-order chi connectivity index (χ0) is 19.9. The summed E-state index contributed by atoms with van der Waals surface area (Å²) in [7, 11) is 2.87. The first-order valence-corrected chi connectivity index (χ1v) is 8.55. The molecule has 0 aliphatic carbocycles. The first-order chi connectivity index (χ1) is 13.6. The predicted octanol–water partition coefficient (Wildman–Crippen LogP) is 3.10. The van der Waals surface area contributed by atoms with E-state index in [0.29, 0.717) is 34.3 Å². The van der Waals surface area contributed by atoms with E-state index in [-0.39, 0.29) is 18.7 Å². The molecule has 0 aliphatic heterocycles. The van der Waals surface area contributed by atoms with Crippen molar-refractivity contribution in [2.75, 3.05) is 19.5 Å². The number of nitrogens with zero attached hydrogens (tertiary/aromatic N) is 2. The Morgan fingerprint density at radius 2 is 1.93 bits per heavy atom. The number of carbonyl (C=O) groups is 2. The van der Waals surface area contributed by atoms with Gasteiger partial charge in [-0.1, -0.05) is 23.4 Å². The number of hydrogen-bond acceptors (Lipinski definition) is 7. The van der Waals surface area contributed by atoms with E-state index in [1.165, 1.54) is 7.11 Å². The lowest BCUT2D eigenvalue weighted by atomic mass is 10.2. The molecule has 0 bridgehead atoms. The standard InChI is InChI=1S/C20H19N3O5/c1-26-16-9-4-3-8-15(16)19-22-18(28-23-19)11-10-17(24)21-14-7-5-6-13(12-14)20(25)27-2/h3-9,12H,10-11H2,1-2H3,(H,21,24). The van der Waals surface area contributed by atoms with Gasteiger partial charge in [0.15, 0.2) is 0 Å². The number of aryl methyl sites for hydroxylation is 1. The molecular weight excluding hydrogens is 362 g/mol. The summed E-state index contributed by atoms with van der Waals surface area (Å²) in [5.41, 5.74) is 1.58. The number of amides is 1. The average Bonchev–Trinajstić information content (AvgIpc) is 3.20. The van der Waals surface area contributed by atoms with Crippen LogP contribution in [0.2, 0.25) is 0 Å². The van der Waals surface area contributed by atoms with Gasteiger partial charge >= 0.3 is 5.97 Å². The zero-order valence-electron chi connectivity index (χ0n) is 15.5. The van der Waals surface area contributed by atoms with Crippen molar-refractivity contribution in [2.45, 2.75) is 12.8 Å². The Kier molecular flexibility index (Phi) is 6.01. The van der Waals surface area contributed by atoms with Crippen LogP contribution in [0.15, 0.2) is 53.1 Å². The number of para-hydroxylation sites is 1. The molecule has 8 nitrogen and oxygen atoms in total. The van der Waals surface area contributed by atoms with E-state index in [2.05, 4.69) is 20.2 Å². The van der Waals surface area contributed by atoms with Gasteiger partial charge in [-0.15, -0.1) is 0 Å². The summed E-state index contributed by atoms with van der Waals surface area (Å²) in [5.74, 6) is 0.681. The molecule has 0 saturated heterocycles. The summed E-state index contributed by atoms with van der Waals surface area (Å²) >= 11 is 0. The number of anilines is 1. The van der Waals surface area contributed by atoms with Crippen LogP contribution >= 0.6 is 0 Å². The fourth-order valence-corrected chi connectivity index (χ4v) is 2.58. The Bertz CT molecular complexity index is 983. The first kappa shape index (κ1) is 19.1. The zero-order valence-corrected chi connectivity index (χ0v) is 15.5. The number of aromatic nitrogens is 2. The molecular formula is C20H19N3O5. The van der Waals surface area contributed by atoms with Crippen molar-refractivity contribution >= 4 is 17.6 Å². The molecule has 0 atom stereocenters. The second-order valence-electron chi connectivity index (χ2n) is 5.83. The first-order valence-electron chi connectivity index (χ1n) is 8.55. The lowest BCUT2D eigenvalue weighted by molar-refractivity contribution is -0.116. The van der Waals surface area contributed by atoms with E-state index >= 15 is 0 Å². The minimum Gasteiger partial charge on any atom is -0.496 e. The van der Waals surface area contributed by atoms with Crippen molar-refractivity contribution in [1.82, 2.24) is 10.1 Å². The van der Waals surface area contributed by atoms with Crippen LogP contribution in [-0.4, -0.2) is 36.2 Å². The molecule has 0 radical (unpaired) electrons. The second kappa shape index (κ2) is 8.81. The van der Waals surface area contributed by atoms with Gasteiger partial charge in [-0.2, -0.15) is 4.98 Å². The molecule has 3 rings (SSSR count). The van der Waals surface area contributed by atoms with Gasteiger partial charge in [-0.25, -0.2) is 4.79 Å². The number of rotatable bonds is 7. The van der Waals surface area contributed by atoms with Gasteiger partial charge in [-0.3, -0.25) is 4.79 Å². The highest BCUT2D eigenvalue weighted by Crippen LogP contribution is 2.27. The minimum absolute atomic E-state index is 0.149. The van der Waals surface area contributed by atoms with Gasteiger partial charge in [0.25, 0.3) is 0 Å². The van der Waals surface area contributed by atoms with Gasteiger partial charge in [0.05, 0.1) is 25.3 Å². The van der Waals surface area contributed by atoms with Gasteiger partial charge in [0.2, 0.25) is 17.6 Å². The number of esters is 1. The molecule has 2 aromatic carbocycles. The van der Waals surface area contributed by atoms with Crippen LogP contribution in [0.4, 0.5) is 5.69 Å². The molecule has 1 amide bonds. The number of benzene rings is 2. The highest BCUT2D eigenvalue weighted by Gasteiger charge is 2.14. The van der Waals surface area contributed by atoms with E-state index in [9.17, 15) is 9.59 Å². The van der Waals surface area contributed by atoms with Crippen molar-refractivity contribution in [3.05, 3.63) is 60.0 Å². The Balaban J connectivity index is 1.60. The SMILES string of the molecule is COC(=O)c1cccc(NC(=O)CCc2nc(-c3ccccc3OC)no2)c1. The topological polar surface area (TPSA) is 104 Å². The number of ether oxygens (including phenoxy) is 2. The highest BCUT2D eigenvalue weighted by molar-refractivity contribution is 5.94. The van der Waals surface area contributed by atoms with Gasteiger partial charge in [-0.05, 0) is 30.3 Å². The molecule has 0 saturated carbocycles. The summed E-state index contributed by atoms with van der Waals surface area (Å²) in [5, 5.41) is 6.68. The highest BCUT2D eigenvalue weighted by atomic mass is 16.5. The van der Waals surface area contributed by atoms with Crippen LogP contribution in [0.1, 0.15) is 22.7 Å². The summed E-state index contributed by atoms with van der Waals surface area (Å²) in [6.45, 7) is 0. The fourth-order valence-electron chi connectivity index (χ4n) is 2.58. The summed E-state index contributed by atoms with van der Waals surface area (Å²) in [4.78, 5) is 28.0. The second-order valence-corrected chi connectivity index (χ2v) is 5.83. The van der Waals surface area contributed by atoms with E-state index in [4.69, 9.17) is 9.26 Å². The van der Waals surface area contributed by atoms with Crippen LogP contribution < -0.4 is 10.1 Å². The molecule has 0 fully saturated rings. The molecule has 0 unspecified atom stereocenters. The normalized spacial score (nSPS) is 10.4. The molecule has 1 N–H and O–H groups in total. The van der Waals surface area contributed by atoms with Crippen LogP contribution in [-0.2, 0) is 16.0 Å². The minimum atomic E-state index is -0.467. The Morgan fingerprint density at radius 1 is 1.11 bits per heavy atom. The summed E-state index contributed by atoms with van der Waals surface area (Å²) in [6, 6.07) is 13.9. The monoisotopic (exact) mass is 381 g/mol. The number of carbonyl (C=O) groups excluding carboxylic acids is 2. The third kappa shape index (κ3) is 4.53. The summed E-state index contributed by atoms with van der Waals surface area (Å²) < 4.78 is 15.2. The third-order valence-corrected chi connectivity index (χ3v) is 3.95. The Morgan fingerprint density at radius 3 is 2.71 bits per heavy atom. The van der Waals surface area contributed by atoms with Crippen LogP contribution in [0, 0.1) is 0 Å². The number of nitrogens with one attached hydrogen (secondary N) is 1. The van der Waals surface area contributed by atoms with E-state index in [0.717, 1.165) is 0 Å². The fraction of sp³-hybridized carbons (Fsp3) is 0.200. The predicted molar refractivity (Wildman–Crippen MR) is 101 cm³/mol. The van der Waals surface area contributed by atoms with Gasteiger partial charge < -0.3 is 19.3 Å². The maximum absolute atomic E-state index is 12.2. The molecule has 1 heterocycles. The molecule has 0 aliphatic rings. The van der Waals surface area contributed by atoms with Crippen molar-refractivity contribution in [2.24, 2.45) is 0 Å². The van der Waals surface area contributed by atoms with Crippen LogP contribution in [0.25, 0.3) is 11.4 Å². The molecule has 0 spiro atoms. The number of methoxy groups -OCH3 is 2. The van der Waals surface area contributed by atoms with Crippen LogP contribution in [0.5, 0.6) is 5.75 Å². The molecule has 8 heteroatoms. The third-order valence-electron chi connectivity index (χ3n) is 3.95. The lowest BCUT2D eigenvalue weighted by Crippen LogP contribution is -2.13. The van der Waals surface area contributed by atoms with Crippen molar-refractivity contribution < 1.29 is 23.6 Å².